The van der Waals surface area contributed by atoms with Crippen molar-refractivity contribution < 1.29 is 19.0 Å². The highest BCUT2D eigenvalue weighted by Gasteiger charge is 2.45. The molecule has 1 spiro atoms. The lowest BCUT2D eigenvalue weighted by atomic mass is 9.73. The van der Waals surface area contributed by atoms with Gasteiger partial charge in [-0.25, -0.2) is 0 Å². The van der Waals surface area contributed by atoms with Gasteiger partial charge in [-0.15, -0.1) is 0 Å². The predicted molar refractivity (Wildman–Crippen MR) is 121 cm³/mol. The number of aryl methyl sites for hydroxylation is 2. The van der Waals surface area contributed by atoms with E-state index in [1.165, 1.54) is 12.0 Å². The van der Waals surface area contributed by atoms with Gasteiger partial charge in [-0.3, -0.25) is 4.79 Å². The molecule has 2 aromatic carbocycles. The molecule has 1 amide bonds. The number of fused-ring (bicyclic) bond motifs is 1. The Hall–Kier alpha value is -2.69. The van der Waals surface area contributed by atoms with Crippen molar-refractivity contribution >= 4 is 5.91 Å². The maximum atomic E-state index is 13.0. The zero-order valence-corrected chi connectivity index (χ0v) is 19.0. The lowest BCUT2D eigenvalue weighted by Gasteiger charge is -2.48. The van der Waals surface area contributed by atoms with Crippen molar-refractivity contribution in [2.45, 2.75) is 77.0 Å². The molecule has 5 nitrogen and oxygen atoms in total. The van der Waals surface area contributed by atoms with Crippen LogP contribution in [0.4, 0.5) is 0 Å². The van der Waals surface area contributed by atoms with Gasteiger partial charge in [0.15, 0.2) is 11.5 Å². The average Bonchev–Trinajstić information content (AvgIpc) is 2.71. The minimum atomic E-state index is -0.106. The number of para-hydroxylation sites is 1. The van der Waals surface area contributed by atoms with Crippen LogP contribution in [0.3, 0.4) is 0 Å². The van der Waals surface area contributed by atoms with Crippen LogP contribution in [0.5, 0.6) is 17.2 Å². The summed E-state index contributed by atoms with van der Waals surface area (Å²) < 4.78 is 17.8. The number of benzene rings is 2. The van der Waals surface area contributed by atoms with E-state index < -0.39 is 0 Å². The molecule has 0 bridgehead atoms. The first kappa shape index (κ1) is 21.5. The standard InChI is InChI=1S/C26H33NO4/c1-17(2)30-25-19(7-5-8-23(25)29-4)10-12-24(28)27-21-16-26(13-6-14-26)31-22-11-9-18(3)15-20(21)22/h5,7-9,11,15,17,21H,6,10,12-14,16H2,1-4H3,(H,27,28). The Bertz CT molecular complexity index is 948. The van der Waals surface area contributed by atoms with E-state index >= 15 is 0 Å². The SMILES string of the molecule is COc1cccc(CCC(=O)NC2CC3(CCC3)Oc3ccc(C)cc32)c1OC(C)C. The second-order valence-electron chi connectivity index (χ2n) is 9.12. The first-order valence-electron chi connectivity index (χ1n) is 11.3. The summed E-state index contributed by atoms with van der Waals surface area (Å²) in [5.74, 6) is 2.40. The average molecular weight is 424 g/mol. The summed E-state index contributed by atoms with van der Waals surface area (Å²) in [7, 11) is 1.64. The van der Waals surface area contributed by atoms with Gasteiger partial charge in [0.25, 0.3) is 0 Å². The topological polar surface area (TPSA) is 56.8 Å². The van der Waals surface area contributed by atoms with E-state index in [-0.39, 0.29) is 23.7 Å². The molecule has 1 heterocycles. The van der Waals surface area contributed by atoms with Gasteiger partial charge in [-0.1, -0.05) is 29.8 Å². The number of nitrogens with one attached hydrogen (secondary N) is 1. The van der Waals surface area contributed by atoms with Crippen molar-refractivity contribution in [3.05, 3.63) is 53.1 Å². The Morgan fingerprint density at radius 1 is 1.26 bits per heavy atom. The molecule has 31 heavy (non-hydrogen) atoms. The molecule has 1 saturated carbocycles. The van der Waals surface area contributed by atoms with Crippen LogP contribution in [0.15, 0.2) is 36.4 Å². The summed E-state index contributed by atoms with van der Waals surface area (Å²) in [6, 6.07) is 12.1. The maximum absolute atomic E-state index is 13.0. The number of hydrogen-bond donors (Lipinski definition) is 1. The van der Waals surface area contributed by atoms with Gasteiger partial charge in [-0.2, -0.15) is 0 Å². The summed E-state index contributed by atoms with van der Waals surface area (Å²) in [5, 5.41) is 3.29. The van der Waals surface area contributed by atoms with Crippen molar-refractivity contribution in [2.75, 3.05) is 7.11 Å². The Labute approximate surface area is 185 Å². The van der Waals surface area contributed by atoms with E-state index in [1.54, 1.807) is 7.11 Å². The molecule has 2 aliphatic rings. The summed E-state index contributed by atoms with van der Waals surface area (Å²) in [6.45, 7) is 6.06. The smallest absolute Gasteiger partial charge is 0.220 e. The summed E-state index contributed by atoms with van der Waals surface area (Å²) in [4.78, 5) is 13.0. The highest BCUT2D eigenvalue weighted by Crippen LogP contribution is 2.49. The van der Waals surface area contributed by atoms with Crippen molar-refractivity contribution in [3.63, 3.8) is 0 Å². The molecule has 2 aromatic rings. The van der Waals surface area contributed by atoms with Crippen molar-refractivity contribution in [1.29, 1.82) is 0 Å². The third-order valence-corrected chi connectivity index (χ3v) is 6.30. The van der Waals surface area contributed by atoms with Gasteiger partial charge in [0.05, 0.1) is 19.3 Å². The molecule has 1 aliphatic heterocycles. The second kappa shape index (κ2) is 8.81. The molecular weight excluding hydrogens is 390 g/mol. The monoisotopic (exact) mass is 423 g/mol. The lowest BCUT2D eigenvalue weighted by molar-refractivity contribution is -0.123. The third kappa shape index (κ3) is 4.65. The Morgan fingerprint density at radius 2 is 2.06 bits per heavy atom. The van der Waals surface area contributed by atoms with Crippen LogP contribution in [0, 0.1) is 6.92 Å². The fraction of sp³-hybridized carbons (Fsp3) is 0.500. The van der Waals surface area contributed by atoms with Crippen LogP contribution in [0.1, 0.15) is 68.7 Å². The van der Waals surface area contributed by atoms with E-state index in [4.69, 9.17) is 14.2 Å². The molecule has 1 atom stereocenters. The number of carbonyl (C=O) groups excluding carboxylic acids is 1. The van der Waals surface area contributed by atoms with Crippen LogP contribution in [0.25, 0.3) is 0 Å². The van der Waals surface area contributed by atoms with Gasteiger partial charge in [-0.05, 0) is 64.2 Å². The number of methoxy groups -OCH3 is 1. The molecule has 0 saturated heterocycles. The summed E-state index contributed by atoms with van der Waals surface area (Å²) in [6.07, 6.45) is 5.18. The van der Waals surface area contributed by atoms with Gasteiger partial charge in [0.1, 0.15) is 11.4 Å². The lowest BCUT2D eigenvalue weighted by Crippen LogP contribution is -2.49. The normalized spacial score (nSPS) is 18.7. The molecule has 0 aromatic heterocycles. The van der Waals surface area contributed by atoms with Crippen LogP contribution < -0.4 is 19.5 Å². The third-order valence-electron chi connectivity index (χ3n) is 6.30. The number of ether oxygens (including phenoxy) is 3. The van der Waals surface area contributed by atoms with E-state index in [0.717, 1.165) is 41.9 Å². The maximum Gasteiger partial charge on any atom is 0.220 e. The fourth-order valence-corrected chi connectivity index (χ4v) is 4.60. The minimum absolute atomic E-state index is 0.00635. The first-order chi connectivity index (χ1) is 14.9. The summed E-state index contributed by atoms with van der Waals surface area (Å²) in [5.41, 5.74) is 3.15. The van der Waals surface area contributed by atoms with Gasteiger partial charge < -0.3 is 19.5 Å². The van der Waals surface area contributed by atoms with Gasteiger partial charge >= 0.3 is 0 Å². The summed E-state index contributed by atoms with van der Waals surface area (Å²) >= 11 is 0. The van der Waals surface area contributed by atoms with E-state index in [1.807, 2.05) is 32.0 Å². The Balaban J connectivity index is 1.47. The highest BCUT2D eigenvalue weighted by atomic mass is 16.5. The molecule has 1 N–H and O–H groups in total. The van der Waals surface area contributed by atoms with Crippen LogP contribution in [0.2, 0.25) is 0 Å². The van der Waals surface area contributed by atoms with E-state index in [2.05, 4.69) is 30.4 Å². The van der Waals surface area contributed by atoms with E-state index in [9.17, 15) is 4.79 Å². The zero-order valence-electron chi connectivity index (χ0n) is 19.0. The van der Waals surface area contributed by atoms with Crippen molar-refractivity contribution in [2.24, 2.45) is 0 Å². The molecular formula is C26H33NO4. The van der Waals surface area contributed by atoms with Crippen LogP contribution in [-0.2, 0) is 11.2 Å². The molecule has 166 valence electrons. The molecule has 0 radical (unpaired) electrons. The predicted octanol–water partition coefficient (Wildman–Crippen LogP) is 5.29. The quantitative estimate of drug-likeness (QED) is 0.658. The number of carbonyl (C=O) groups is 1. The Morgan fingerprint density at radius 3 is 2.74 bits per heavy atom. The first-order valence-corrected chi connectivity index (χ1v) is 11.3. The van der Waals surface area contributed by atoms with Crippen molar-refractivity contribution in [3.8, 4) is 17.2 Å². The molecule has 5 heteroatoms. The number of hydrogen-bond acceptors (Lipinski definition) is 4. The van der Waals surface area contributed by atoms with Crippen LogP contribution in [-0.4, -0.2) is 24.7 Å². The second-order valence-corrected chi connectivity index (χ2v) is 9.12. The van der Waals surface area contributed by atoms with Gasteiger partial charge in [0, 0.05) is 18.4 Å². The Kier molecular flexibility index (Phi) is 6.12. The largest absolute Gasteiger partial charge is 0.493 e. The molecule has 1 unspecified atom stereocenters. The fourth-order valence-electron chi connectivity index (χ4n) is 4.60. The van der Waals surface area contributed by atoms with Crippen LogP contribution >= 0.6 is 0 Å². The zero-order chi connectivity index (χ0) is 22.0. The number of amides is 1. The van der Waals surface area contributed by atoms with Gasteiger partial charge in [0.2, 0.25) is 5.91 Å². The highest BCUT2D eigenvalue weighted by molar-refractivity contribution is 5.77. The van der Waals surface area contributed by atoms with E-state index in [0.29, 0.717) is 18.6 Å². The molecule has 1 aliphatic carbocycles. The molecule has 4 rings (SSSR count). The number of rotatable bonds is 7. The minimum Gasteiger partial charge on any atom is -0.493 e. The molecule has 1 fully saturated rings. The van der Waals surface area contributed by atoms with Crippen molar-refractivity contribution in [1.82, 2.24) is 5.32 Å².